The number of aromatic nitrogens is 3. The van der Waals surface area contributed by atoms with Gasteiger partial charge >= 0.3 is 0 Å². The number of aliphatic hydroxyl groups excluding tert-OH is 6. The van der Waals surface area contributed by atoms with Crippen LogP contribution in [-0.4, -0.2) is 117 Å². The number of thioether (sulfide) groups is 1. The summed E-state index contributed by atoms with van der Waals surface area (Å²) in [6, 6.07) is 9.16. The van der Waals surface area contributed by atoms with Crippen molar-refractivity contribution in [2.75, 3.05) is 13.2 Å². The second-order valence-corrected chi connectivity index (χ2v) is 12.0. The number of nitrogens with one attached hydrogen (secondary N) is 2. The van der Waals surface area contributed by atoms with Gasteiger partial charge in [-0.1, -0.05) is 41.2 Å². The number of hydrazine groups is 2. The lowest BCUT2D eigenvalue weighted by Gasteiger charge is -2.47. The summed E-state index contributed by atoms with van der Waals surface area (Å²) in [7, 11) is 0. The van der Waals surface area contributed by atoms with Gasteiger partial charge in [-0.15, -0.1) is 10.6 Å². The summed E-state index contributed by atoms with van der Waals surface area (Å²) in [6.07, 6.45) is -5.19. The Hall–Kier alpha value is -3.23. The van der Waals surface area contributed by atoms with Crippen molar-refractivity contribution in [2.45, 2.75) is 59.6 Å². The molecule has 3 aliphatic heterocycles. The first kappa shape index (κ1) is 31.7. The fraction of sp³-hybridized carbons (Fsp3) is 0.429. The largest absolute Gasteiger partial charge is 0.394 e. The van der Waals surface area contributed by atoms with Crippen molar-refractivity contribution in [3.05, 3.63) is 78.1 Å². The first-order valence-corrected chi connectivity index (χ1v) is 15.0. The van der Waals surface area contributed by atoms with Gasteiger partial charge < -0.3 is 45.5 Å². The fourth-order valence-electron chi connectivity index (χ4n) is 5.63. The number of nitrogens with zero attached hydrogens (tertiary/aromatic N) is 4. The molecule has 2 fully saturated rings. The highest BCUT2D eigenvalue weighted by Crippen LogP contribution is 2.41. The normalized spacial score (nSPS) is 33.6. The first-order valence-electron chi connectivity index (χ1n) is 14.0. The van der Waals surface area contributed by atoms with E-state index < -0.39 is 84.4 Å². The van der Waals surface area contributed by atoms with Gasteiger partial charge in [0.15, 0.2) is 0 Å². The Morgan fingerprint density at radius 2 is 1.38 bits per heavy atom. The Labute approximate surface area is 259 Å². The number of benzene rings is 2. The van der Waals surface area contributed by atoms with E-state index in [4.69, 9.17) is 9.47 Å². The van der Waals surface area contributed by atoms with Crippen LogP contribution in [0.15, 0.2) is 60.9 Å². The third-order valence-electron chi connectivity index (χ3n) is 7.95. The van der Waals surface area contributed by atoms with Gasteiger partial charge in [-0.2, -0.15) is 0 Å². The van der Waals surface area contributed by atoms with Gasteiger partial charge in [0.05, 0.1) is 25.1 Å². The maximum absolute atomic E-state index is 13.8. The molecule has 0 spiro atoms. The van der Waals surface area contributed by atoms with Gasteiger partial charge in [0.2, 0.25) is 0 Å². The highest BCUT2D eigenvalue weighted by Gasteiger charge is 2.52. The number of ether oxygens (including phenoxy) is 2. The van der Waals surface area contributed by atoms with Crippen LogP contribution in [0.2, 0.25) is 0 Å². The molecule has 17 heteroatoms. The fourth-order valence-corrected chi connectivity index (χ4v) is 6.95. The molecule has 10 atom stereocenters. The zero-order valence-corrected chi connectivity index (χ0v) is 24.2. The Balaban J connectivity index is 1.23. The summed E-state index contributed by atoms with van der Waals surface area (Å²) in [5.74, 6) is -0.940. The van der Waals surface area contributed by atoms with Gasteiger partial charge in [0.25, 0.3) is 0 Å². The number of aliphatic hydroxyl groups is 6. The van der Waals surface area contributed by atoms with Crippen LogP contribution in [0.5, 0.6) is 0 Å². The molecule has 4 heterocycles. The maximum atomic E-state index is 13.8. The molecule has 45 heavy (non-hydrogen) atoms. The minimum Gasteiger partial charge on any atom is -0.394 e. The number of hydrogen-bond donors (Lipinski definition) is 8. The standard InChI is InChI=1S/C28H32F2N6O8S/c29-15-5-1-3-13(7-15)17-9-35(33-31-17)21-23(39)19(11-37)43-27(25(21)41)45-28-26(42)22(24(40)20(12-38)44-28)36-10-18(32-34-36)14-4-2-6-16(30)8-14/h1-10,19-28,31,33,37-42H,11-12H2/t19-,20?,21?,22?,23?,24+,25-,26+,27+,28+/m1/s1. The molecule has 6 rings (SSSR count). The van der Waals surface area contributed by atoms with Crippen LogP contribution in [0, 0.1) is 11.6 Å². The van der Waals surface area contributed by atoms with E-state index in [1.165, 1.54) is 58.5 Å². The molecular weight excluding hydrogens is 618 g/mol. The predicted molar refractivity (Wildman–Crippen MR) is 154 cm³/mol. The van der Waals surface area contributed by atoms with Crippen molar-refractivity contribution in [1.29, 1.82) is 0 Å². The summed E-state index contributed by atoms with van der Waals surface area (Å²) >= 11 is 0.820. The van der Waals surface area contributed by atoms with Crippen LogP contribution in [0.4, 0.5) is 8.78 Å². The maximum Gasteiger partial charge on any atom is 0.134 e. The zero-order valence-electron chi connectivity index (χ0n) is 23.4. The average Bonchev–Trinajstić information content (AvgIpc) is 3.71. The number of halogens is 2. The van der Waals surface area contributed by atoms with Gasteiger partial charge in [-0.25, -0.2) is 13.5 Å². The molecule has 0 aliphatic carbocycles. The second kappa shape index (κ2) is 13.2. The molecular formula is C28H32F2N6O8S. The molecule has 1 aromatic heterocycles. The van der Waals surface area contributed by atoms with Gasteiger partial charge in [0.1, 0.15) is 76.9 Å². The molecule has 0 bridgehead atoms. The summed E-state index contributed by atoms with van der Waals surface area (Å²) in [5, 5.41) is 74.2. The van der Waals surface area contributed by atoms with E-state index in [2.05, 4.69) is 21.3 Å². The van der Waals surface area contributed by atoms with Crippen LogP contribution in [0.3, 0.4) is 0 Å². The van der Waals surface area contributed by atoms with E-state index >= 15 is 0 Å². The zero-order chi connectivity index (χ0) is 31.8. The Kier molecular flexibility index (Phi) is 9.34. The van der Waals surface area contributed by atoms with Crippen molar-refractivity contribution < 1.29 is 48.9 Å². The molecule has 14 nitrogen and oxygen atoms in total. The summed E-state index contributed by atoms with van der Waals surface area (Å²) in [4.78, 5) is 0. The lowest BCUT2D eigenvalue weighted by molar-refractivity contribution is -0.195. The third-order valence-corrected chi connectivity index (χ3v) is 9.26. The van der Waals surface area contributed by atoms with Crippen molar-refractivity contribution in [2.24, 2.45) is 0 Å². The van der Waals surface area contributed by atoms with Gasteiger partial charge in [-0.05, 0) is 24.3 Å². The third kappa shape index (κ3) is 6.28. The second-order valence-electron chi connectivity index (χ2n) is 10.8. The smallest absolute Gasteiger partial charge is 0.134 e. The Morgan fingerprint density at radius 3 is 2.00 bits per heavy atom. The van der Waals surface area contributed by atoms with E-state index in [1.807, 2.05) is 0 Å². The van der Waals surface area contributed by atoms with Crippen molar-refractivity contribution >= 4 is 17.5 Å². The minimum atomic E-state index is -1.49. The van der Waals surface area contributed by atoms with Crippen molar-refractivity contribution in [3.63, 3.8) is 0 Å². The Morgan fingerprint density at radius 1 is 0.800 bits per heavy atom. The molecule has 0 amide bonds. The van der Waals surface area contributed by atoms with E-state index in [-0.39, 0.29) is 5.69 Å². The average molecular weight is 651 g/mol. The molecule has 242 valence electrons. The summed E-state index contributed by atoms with van der Waals surface area (Å²) in [5.41, 5.74) is 4.91. The number of hydrogen-bond acceptors (Lipinski definition) is 14. The van der Waals surface area contributed by atoms with E-state index in [0.717, 1.165) is 11.8 Å². The number of rotatable bonds is 8. The predicted octanol–water partition coefficient (Wildman–Crippen LogP) is -0.932. The lowest BCUT2D eigenvalue weighted by Crippen LogP contribution is -2.65. The molecule has 3 aromatic rings. The monoisotopic (exact) mass is 650 g/mol. The minimum absolute atomic E-state index is 0.274. The lowest BCUT2D eigenvalue weighted by atomic mass is 9.96. The van der Waals surface area contributed by atoms with Crippen LogP contribution in [0.25, 0.3) is 17.0 Å². The first-order chi connectivity index (χ1) is 21.7. The summed E-state index contributed by atoms with van der Waals surface area (Å²) < 4.78 is 40.4. The topological polar surface area (TPSA) is 198 Å². The van der Waals surface area contributed by atoms with E-state index in [1.54, 1.807) is 12.1 Å². The molecule has 8 N–H and O–H groups in total. The van der Waals surface area contributed by atoms with Crippen LogP contribution >= 0.6 is 11.8 Å². The van der Waals surface area contributed by atoms with E-state index in [9.17, 15) is 39.4 Å². The quantitative estimate of drug-likeness (QED) is 0.149. The van der Waals surface area contributed by atoms with Crippen LogP contribution in [-0.2, 0) is 9.47 Å². The Bertz CT molecular complexity index is 1520. The highest BCUT2D eigenvalue weighted by atomic mass is 32.2. The molecule has 0 radical (unpaired) electrons. The molecule has 4 unspecified atom stereocenters. The van der Waals surface area contributed by atoms with Crippen LogP contribution < -0.4 is 11.0 Å². The van der Waals surface area contributed by atoms with Crippen molar-refractivity contribution in [3.8, 4) is 11.3 Å². The highest BCUT2D eigenvalue weighted by molar-refractivity contribution is 8.00. The SMILES string of the molecule is OCC1O[C@@H](S[C@@H]2O[C@H](CO)C(O)C(N3C=C(c4cccc(F)c4)NN3)[C@H]2O)[C@@H](O)C(n2cc(-c3cccc(F)c3)nn2)[C@H]1O. The van der Waals surface area contributed by atoms with Gasteiger partial charge in [0, 0.05) is 17.3 Å². The summed E-state index contributed by atoms with van der Waals surface area (Å²) in [6.45, 7) is -1.24. The molecule has 2 aromatic carbocycles. The molecule has 2 saturated heterocycles. The van der Waals surface area contributed by atoms with Gasteiger partial charge in [-0.3, -0.25) is 5.01 Å². The molecule has 0 saturated carbocycles. The van der Waals surface area contributed by atoms with Crippen molar-refractivity contribution in [1.82, 2.24) is 31.0 Å². The van der Waals surface area contributed by atoms with Crippen LogP contribution in [0.1, 0.15) is 11.6 Å². The molecule has 3 aliphatic rings. The van der Waals surface area contributed by atoms with E-state index in [0.29, 0.717) is 16.8 Å².